The lowest BCUT2D eigenvalue weighted by atomic mass is 9.95. The van der Waals surface area contributed by atoms with Crippen LogP contribution in [-0.4, -0.2) is 43.9 Å². The average molecular weight is 425 g/mol. The second kappa shape index (κ2) is 8.76. The van der Waals surface area contributed by atoms with Gasteiger partial charge in [0, 0.05) is 12.3 Å². The van der Waals surface area contributed by atoms with Crippen molar-refractivity contribution in [1.82, 2.24) is 14.5 Å². The molecule has 5 atom stereocenters. The van der Waals surface area contributed by atoms with Crippen LogP contribution in [0.1, 0.15) is 53.2 Å². The molecule has 2 aromatic rings. The summed E-state index contributed by atoms with van der Waals surface area (Å²) in [6, 6.07) is 0. The van der Waals surface area contributed by atoms with Crippen LogP contribution in [0.3, 0.4) is 0 Å². The van der Waals surface area contributed by atoms with E-state index in [1.807, 2.05) is 20.8 Å². The number of nitrogen functional groups attached to an aromatic ring is 1. The topological polar surface area (TPSA) is 130 Å². The summed E-state index contributed by atoms with van der Waals surface area (Å²) in [5.74, 6) is -0.368. The fourth-order valence-electron chi connectivity index (χ4n) is 3.66. The first-order chi connectivity index (χ1) is 13.7. The molecule has 0 aliphatic carbocycles. The molecule has 0 bridgehead atoms. The Bertz CT molecular complexity index is 927. The molecule has 10 heteroatoms. The standard InChI is InChI=1S/C19H28N4O5S/c1-5-12(24)13-7-11(10(4)27-15(25)6-9(2)3)17(28-13)23-16-14(29-19(23)26)8-21-18(20)22-16/h8-13,17,24H,5-7H2,1-4H3,(H2,20,21,22)/t10-,11+,12+,13+,17-/m1/s1. The predicted octanol–water partition coefficient (Wildman–Crippen LogP) is 2.09. The number of nitrogens with zero attached hydrogens (tertiary/aromatic N) is 3. The Labute approximate surface area is 172 Å². The number of rotatable bonds is 7. The smallest absolute Gasteiger partial charge is 0.311 e. The number of anilines is 1. The number of fused-ring (bicyclic) bond motifs is 1. The first-order valence-electron chi connectivity index (χ1n) is 9.87. The van der Waals surface area contributed by atoms with Crippen LogP contribution in [0.15, 0.2) is 11.0 Å². The Kier molecular flexibility index (Phi) is 6.55. The Hall–Kier alpha value is -2.04. The summed E-state index contributed by atoms with van der Waals surface area (Å²) in [5.41, 5.74) is 6.11. The van der Waals surface area contributed by atoms with Gasteiger partial charge in [-0.3, -0.25) is 14.2 Å². The number of nitrogens with two attached hydrogens (primary N) is 1. The van der Waals surface area contributed by atoms with Gasteiger partial charge in [-0.1, -0.05) is 32.1 Å². The molecule has 0 radical (unpaired) electrons. The molecule has 0 unspecified atom stereocenters. The van der Waals surface area contributed by atoms with Gasteiger partial charge in [0.2, 0.25) is 5.95 Å². The van der Waals surface area contributed by atoms with Crippen LogP contribution < -0.4 is 10.6 Å². The molecule has 2 aromatic heterocycles. The molecule has 1 aliphatic heterocycles. The number of aromatic nitrogens is 3. The van der Waals surface area contributed by atoms with Crippen LogP contribution in [0.25, 0.3) is 10.3 Å². The van der Waals surface area contributed by atoms with Crippen LogP contribution in [0, 0.1) is 11.8 Å². The maximum Gasteiger partial charge on any atom is 0.311 e. The highest BCUT2D eigenvalue weighted by atomic mass is 32.1. The highest BCUT2D eigenvalue weighted by Crippen LogP contribution is 2.40. The summed E-state index contributed by atoms with van der Waals surface area (Å²) >= 11 is 1.00. The van der Waals surface area contributed by atoms with E-state index in [1.165, 1.54) is 10.8 Å². The predicted molar refractivity (Wildman–Crippen MR) is 109 cm³/mol. The van der Waals surface area contributed by atoms with Crippen LogP contribution in [0.4, 0.5) is 5.95 Å². The zero-order valence-electron chi connectivity index (χ0n) is 17.1. The van der Waals surface area contributed by atoms with E-state index < -0.39 is 24.5 Å². The van der Waals surface area contributed by atoms with Crippen LogP contribution >= 0.6 is 11.3 Å². The van der Waals surface area contributed by atoms with Gasteiger partial charge in [0.25, 0.3) is 0 Å². The summed E-state index contributed by atoms with van der Waals surface area (Å²) in [6.07, 6.45) is 0.423. The van der Waals surface area contributed by atoms with Gasteiger partial charge in [-0.2, -0.15) is 4.98 Å². The second-order valence-corrected chi connectivity index (χ2v) is 8.88. The number of thiazole rings is 1. The average Bonchev–Trinajstić information content (AvgIpc) is 3.20. The molecular weight excluding hydrogens is 396 g/mol. The largest absolute Gasteiger partial charge is 0.462 e. The minimum absolute atomic E-state index is 0.0557. The molecule has 1 aliphatic rings. The Morgan fingerprint density at radius 1 is 1.48 bits per heavy atom. The quantitative estimate of drug-likeness (QED) is 0.646. The third-order valence-electron chi connectivity index (χ3n) is 5.16. The monoisotopic (exact) mass is 424 g/mol. The van der Waals surface area contributed by atoms with Crippen molar-refractivity contribution in [3.8, 4) is 0 Å². The van der Waals surface area contributed by atoms with Gasteiger partial charge in [-0.15, -0.1) is 0 Å². The minimum Gasteiger partial charge on any atom is -0.462 e. The SMILES string of the molecule is CC[C@H](O)[C@@H]1C[C@@H]([C@@H](C)OC(=O)CC(C)C)[C@H](n2c(=O)sc3cnc(N)nc32)O1. The molecule has 0 saturated carbocycles. The molecule has 0 aromatic carbocycles. The van der Waals surface area contributed by atoms with Crippen LogP contribution in [0.2, 0.25) is 0 Å². The third kappa shape index (κ3) is 4.59. The zero-order chi connectivity index (χ0) is 21.3. The van der Waals surface area contributed by atoms with E-state index in [0.29, 0.717) is 29.6 Å². The van der Waals surface area contributed by atoms with Gasteiger partial charge in [0.15, 0.2) is 5.65 Å². The fourth-order valence-corrected chi connectivity index (χ4v) is 4.47. The Balaban J connectivity index is 1.95. The van der Waals surface area contributed by atoms with Gasteiger partial charge < -0.3 is 20.3 Å². The van der Waals surface area contributed by atoms with Crippen molar-refractivity contribution >= 4 is 33.6 Å². The number of aliphatic hydroxyl groups excluding tert-OH is 1. The van der Waals surface area contributed by atoms with Gasteiger partial charge in [0.1, 0.15) is 12.3 Å². The lowest BCUT2D eigenvalue weighted by Gasteiger charge is -2.25. The molecule has 9 nitrogen and oxygen atoms in total. The molecule has 29 heavy (non-hydrogen) atoms. The maximum absolute atomic E-state index is 12.7. The first-order valence-corrected chi connectivity index (χ1v) is 10.7. The Morgan fingerprint density at radius 3 is 2.86 bits per heavy atom. The van der Waals surface area contributed by atoms with Crippen molar-refractivity contribution in [2.24, 2.45) is 11.8 Å². The number of carbonyl (C=O) groups excluding carboxylic acids is 1. The number of ether oxygens (including phenoxy) is 2. The summed E-state index contributed by atoms with van der Waals surface area (Å²) in [4.78, 5) is 32.8. The van der Waals surface area contributed by atoms with Crippen LogP contribution in [-0.2, 0) is 14.3 Å². The normalized spacial score (nSPS) is 24.1. The van der Waals surface area contributed by atoms with Gasteiger partial charge in [0.05, 0.1) is 23.1 Å². The van der Waals surface area contributed by atoms with E-state index in [4.69, 9.17) is 15.2 Å². The molecular formula is C19H28N4O5S. The molecule has 3 N–H and O–H groups in total. The zero-order valence-corrected chi connectivity index (χ0v) is 17.9. The van der Waals surface area contributed by atoms with E-state index >= 15 is 0 Å². The van der Waals surface area contributed by atoms with Crippen molar-refractivity contribution < 1.29 is 19.4 Å². The van der Waals surface area contributed by atoms with Crippen LogP contribution in [0.5, 0.6) is 0 Å². The van der Waals surface area contributed by atoms with Crippen molar-refractivity contribution in [3.63, 3.8) is 0 Å². The molecule has 160 valence electrons. The van der Waals surface area contributed by atoms with Crippen molar-refractivity contribution in [2.75, 3.05) is 5.73 Å². The summed E-state index contributed by atoms with van der Waals surface area (Å²) in [6.45, 7) is 7.55. The van der Waals surface area contributed by atoms with Gasteiger partial charge in [-0.25, -0.2) is 4.98 Å². The van der Waals surface area contributed by atoms with E-state index in [-0.39, 0.29) is 28.6 Å². The van der Waals surface area contributed by atoms with Gasteiger partial charge >= 0.3 is 10.8 Å². The molecule has 1 saturated heterocycles. The van der Waals surface area contributed by atoms with E-state index in [9.17, 15) is 14.7 Å². The van der Waals surface area contributed by atoms with E-state index in [1.54, 1.807) is 6.92 Å². The summed E-state index contributed by atoms with van der Waals surface area (Å²) < 4.78 is 13.8. The lowest BCUT2D eigenvalue weighted by Crippen LogP contribution is -2.32. The number of esters is 1. The minimum atomic E-state index is -0.724. The second-order valence-electron chi connectivity index (χ2n) is 7.89. The first kappa shape index (κ1) is 21.7. The maximum atomic E-state index is 12.7. The number of aliphatic hydroxyl groups is 1. The van der Waals surface area contributed by atoms with Gasteiger partial charge in [-0.05, 0) is 25.7 Å². The van der Waals surface area contributed by atoms with E-state index in [2.05, 4.69) is 9.97 Å². The highest BCUT2D eigenvalue weighted by molar-refractivity contribution is 7.16. The summed E-state index contributed by atoms with van der Waals surface area (Å²) in [7, 11) is 0. The number of carbonyl (C=O) groups is 1. The van der Waals surface area contributed by atoms with Crippen molar-refractivity contribution in [2.45, 2.75) is 71.5 Å². The highest BCUT2D eigenvalue weighted by Gasteiger charge is 2.44. The van der Waals surface area contributed by atoms with Crippen molar-refractivity contribution in [3.05, 3.63) is 15.9 Å². The molecule has 0 amide bonds. The lowest BCUT2D eigenvalue weighted by molar-refractivity contribution is -0.154. The fraction of sp³-hybridized carbons (Fsp3) is 0.684. The van der Waals surface area contributed by atoms with Crippen molar-refractivity contribution in [1.29, 1.82) is 0 Å². The number of hydrogen-bond acceptors (Lipinski definition) is 9. The Morgan fingerprint density at radius 2 is 2.21 bits per heavy atom. The molecule has 1 fully saturated rings. The molecule has 3 heterocycles. The third-order valence-corrected chi connectivity index (χ3v) is 6.04. The summed E-state index contributed by atoms with van der Waals surface area (Å²) in [5, 5.41) is 10.3. The van der Waals surface area contributed by atoms with E-state index in [0.717, 1.165) is 11.3 Å². The molecule has 3 rings (SSSR count). The number of hydrogen-bond donors (Lipinski definition) is 2. The molecule has 0 spiro atoms.